The van der Waals surface area contributed by atoms with Gasteiger partial charge in [-0.3, -0.25) is 0 Å². The van der Waals surface area contributed by atoms with Crippen LogP contribution in [-0.2, 0) is 13.1 Å². The number of hydrogen-bond acceptors (Lipinski definition) is 2. The lowest BCUT2D eigenvalue weighted by atomic mass is 10.1. The van der Waals surface area contributed by atoms with Crippen LogP contribution in [0.25, 0.3) is 10.9 Å². The lowest BCUT2D eigenvalue weighted by molar-refractivity contribution is 0.318. The summed E-state index contributed by atoms with van der Waals surface area (Å²) in [5, 5.41) is 4.57. The Bertz CT molecular complexity index is 557. The fraction of sp³-hybridized carbons (Fsp3) is 0.500. The van der Waals surface area contributed by atoms with Crippen molar-refractivity contribution in [1.29, 1.82) is 0 Å². The maximum absolute atomic E-state index is 5.75. The molecule has 0 aliphatic heterocycles. The van der Waals surface area contributed by atoms with Crippen molar-refractivity contribution in [3.8, 4) is 5.75 Å². The van der Waals surface area contributed by atoms with Crippen molar-refractivity contribution in [2.75, 3.05) is 13.7 Å². The summed E-state index contributed by atoms with van der Waals surface area (Å²) in [7, 11) is 1.99. The smallest absolute Gasteiger partial charge is 0.120 e. The summed E-state index contributed by atoms with van der Waals surface area (Å²) in [6.07, 6.45) is 1.04. The molecular weight excluding hydrogens is 236 g/mol. The second-order valence-corrected chi connectivity index (χ2v) is 4.87. The summed E-state index contributed by atoms with van der Waals surface area (Å²) >= 11 is 0. The van der Waals surface area contributed by atoms with Gasteiger partial charge >= 0.3 is 0 Å². The van der Waals surface area contributed by atoms with Crippen LogP contribution < -0.4 is 10.1 Å². The first kappa shape index (κ1) is 13.9. The summed E-state index contributed by atoms with van der Waals surface area (Å²) < 4.78 is 8.12. The van der Waals surface area contributed by atoms with Gasteiger partial charge in [-0.1, -0.05) is 6.92 Å². The van der Waals surface area contributed by atoms with Gasteiger partial charge in [-0.05, 0) is 51.1 Å². The zero-order chi connectivity index (χ0) is 13.8. The first-order valence-electron chi connectivity index (χ1n) is 7.12. The lowest BCUT2D eigenvalue weighted by Crippen LogP contribution is -2.06. The Morgan fingerprint density at radius 2 is 2.05 bits per heavy atom. The van der Waals surface area contributed by atoms with E-state index in [9.17, 15) is 0 Å². The van der Waals surface area contributed by atoms with Crippen LogP contribution >= 0.6 is 0 Å². The largest absolute Gasteiger partial charge is 0.494 e. The molecule has 1 aromatic heterocycles. The second-order valence-electron chi connectivity index (χ2n) is 4.87. The topological polar surface area (TPSA) is 26.2 Å². The molecule has 1 N–H and O–H groups in total. The van der Waals surface area contributed by atoms with Crippen molar-refractivity contribution in [1.82, 2.24) is 9.88 Å². The molecule has 0 amide bonds. The highest BCUT2D eigenvalue weighted by molar-refractivity contribution is 5.87. The van der Waals surface area contributed by atoms with Gasteiger partial charge in [-0.15, -0.1) is 0 Å². The van der Waals surface area contributed by atoms with Gasteiger partial charge in [-0.2, -0.15) is 0 Å². The molecule has 3 nitrogen and oxygen atoms in total. The van der Waals surface area contributed by atoms with Crippen molar-refractivity contribution in [3.05, 3.63) is 29.5 Å². The number of aromatic nitrogens is 1. The van der Waals surface area contributed by atoms with Crippen LogP contribution in [0, 0.1) is 6.92 Å². The number of benzene rings is 1. The van der Waals surface area contributed by atoms with Gasteiger partial charge < -0.3 is 14.6 Å². The number of nitrogens with one attached hydrogen (secondary N) is 1. The third-order valence-corrected chi connectivity index (χ3v) is 3.57. The van der Waals surface area contributed by atoms with E-state index < -0.39 is 0 Å². The van der Waals surface area contributed by atoms with Crippen LogP contribution in [0.5, 0.6) is 5.75 Å². The molecule has 0 bridgehead atoms. The third-order valence-electron chi connectivity index (χ3n) is 3.57. The molecule has 2 aromatic rings. The first-order chi connectivity index (χ1) is 9.22. The normalized spacial score (nSPS) is 11.2. The zero-order valence-corrected chi connectivity index (χ0v) is 12.4. The molecule has 0 saturated heterocycles. The molecule has 19 heavy (non-hydrogen) atoms. The molecule has 2 rings (SSSR count). The first-order valence-corrected chi connectivity index (χ1v) is 7.12. The van der Waals surface area contributed by atoms with E-state index in [4.69, 9.17) is 4.74 Å². The minimum atomic E-state index is 0.778. The van der Waals surface area contributed by atoms with Crippen LogP contribution in [0.4, 0.5) is 0 Å². The van der Waals surface area contributed by atoms with Gasteiger partial charge in [0.15, 0.2) is 0 Å². The summed E-state index contributed by atoms with van der Waals surface area (Å²) in [5.41, 5.74) is 4.02. The van der Waals surface area contributed by atoms with Crippen molar-refractivity contribution in [2.24, 2.45) is 0 Å². The Morgan fingerprint density at radius 1 is 1.26 bits per heavy atom. The molecule has 3 heteroatoms. The molecule has 0 aliphatic carbocycles. The minimum absolute atomic E-state index is 0.778. The predicted octanol–water partition coefficient (Wildman–Crippen LogP) is 3.48. The Hall–Kier alpha value is -1.48. The van der Waals surface area contributed by atoms with Crippen molar-refractivity contribution in [3.63, 3.8) is 0 Å². The highest BCUT2D eigenvalue weighted by atomic mass is 16.5. The number of rotatable bonds is 6. The molecule has 0 saturated carbocycles. The molecule has 0 atom stereocenters. The van der Waals surface area contributed by atoms with E-state index in [0.717, 1.165) is 31.9 Å². The van der Waals surface area contributed by atoms with Gasteiger partial charge in [-0.25, -0.2) is 0 Å². The summed E-state index contributed by atoms with van der Waals surface area (Å²) in [5.74, 6) is 0.972. The molecular formula is C16H24N2O. The molecule has 0 aliphatic rings. The van der Waals surface area contributed by atoms with Crippen LogP contribution in [0.3, 0.4) is 0 Å². The average molecular weight is 260 g/mol. The third kappa shape index (κ3) is 2.61. The predicted molar refractivity (Wildman–Crippen MR) is 80.9 cm³/mol. The molecule has 0 fully saturated rings. The van der Waals surface area contributed by atoms with E-state index in [1.807, 2.05) is 7.05 Å². The Kier molecular flexibility index (Phi) is 4.48. The highest BCUT2D eigenvalue weighted by Crippen LogP contribution is 2.29. The Labute approximate surface area is 115 Å². The molecule has 0 unspecified atom stereocenters. The lowest BCUT2D eigenvalue weighted by Gasteiger charge is -2.06. The quantitative estimate of drug-likeness (QED) is 0.860. The maximum Gasteiger partial charge on any atom is 0.120 e. The standard InChI is InChI=1S/C16H24N2O/c1-5-9-19-13-7-8-16-14(10-13)15(11-17-4)12(3)18(16)6-2/h7-8,10,17H,5-6,9,11H2,1-4H3. The van der Waals surface area contributed by atoms with E-state index in [0.29, 0.717) is 0 Å². The zero-order valence-electron chi connectivity index (χ0n) is 12.4. The Morgan fingerprint density at radius 3 is 2.68 bits per heavy atom. The van der Waals surface area contributed by atoms with Crippen LogP contribution in [0.1, 0.15) is 31.5 Å². The summed E-state index contributed by atoms with van der Waals surface area (Å²) in [6.45, 7) is 9.19. The summed E-state index contributed by atoms with van der Waals surface area (Å²) in [4.78, 5) is 0. The number of fused-ring (bicyclic) bond motifs is 1. The monoisotopic (exact) mass is 260 g/mol. The molecule has 0 radical (unpaired) electrons. The van der Waals surface area contributed by atoms with E-state index in [1.54, 1.807) is 0 Å². The van der Waals surface area contributed by atoms with Crippen LogP contribution in [0.2, 0.25) is 0 Å². The number of nitrogens with zero attached hydrogens (tertiary/aromatic N) is 1. The molecule has 0 spiro atoms. The average Bonchev–Trinajstić information content (AvgIpc) is 2.69. The van der Waals surface area contributed by atoms with Crippen molar-refractivity contribution >= 4 is 10.9 Å². The van der Waals surface area contributed by atoms with E-state index in [1.165, 1.54) is 22.2 Å². The minimum Gasteiger partial charge on any atom is -0.494 e. The van der Waals surface area contributed by atoms with E-state index in [-0.39, 0.29) is 0 Å². The van der Waals surface area contributed by atoms with Crippen molar-refractivity contribution in [2.45, 2.75) is 40.3 Å². The van der Waals surface area contributed by atoms with Gasteiger partial charge in [0, 0.05) is 29.7 Å². The van der Waals surface area contributed by atoms with E-state index in [2.05, 4.69) is 48.9 Å². The second kappa shape index (κ2) is 6.11. The van der Waals surface area contributed by atoms with E-state index >= 15 is 0 Å². The van der Waals surface area contributed by atoms with Gasteiger partial charge in [0.05, 0.1) is 6.61 Å². The van der Waals surface area contributed by atoms with Crippen LogP contribution in [0.15, 0.2) is 18.2 Å². The van der Waals surface area contributed by atoms with Gasteiger partial charge in [0.1, 0.15) is 5.75 Å². The van der Waals surface area contributed by atoms with Crippen LogP contribution in [-0.4, -0.2) is 18.2 Å². The number of ether oxygens (including phenoxy) is 1. The fourth-order valence-corrected chi connectivity index (χ4v) is 2.65. The Balaban J connectivity index is 2.52. The highest BCUT2D eigenvalue weighted by Gasteiger charge is 2.13. The molecule has 1 heterocycles. The number of hydrogen-bond donors (Lipinski definition) is 1. The summed E-state index contributed by atoms with van der Waals surface area (Å²) in [6, 6.07) is 6.43. The molecule has 104 valence electrons. The maximum atomic E-state index is 5.75. The fourth-order valence-electron chi connectivity index (χ4n) is 2.65. The SMILES string of the molecule is CCCOc1ccc2c(c1)c(CNC)c(C)n2CC. The van der Waals surface area contributed by atoms with Gasteiger partial charge in [0.25, 0.3) is 0 Å². The van der Waals surface area contributed by atoms with Crippen molar-refractivity contribution < 1.29 is 4.74 Å². The molecule has 1 aromatic carbocycles. The number of aryl methyl sites for hydroxylation is 1. The van der Waals surface area contributed by atoms with Gasteiger partial charge in [0.2, 0.25) is 0 Å².